The summed E-state index contributed by atoms with van der Waals surface area (Å²) in [5.41, 5.74) is 3.90. The molecule has 2 aromatic rings. The topological polar surface area (TPSA) is 91.8 Å². The summed E-state index contributed by atoms with van der Waals surface area (Å²) in [6.07, 6.45) is 4.25. The van der Waals surface area contributed by atoms with Crippen LogP contribution in [-0.4, -0.2) is 18.6 Å². The van der Waals surface area contributed by atoms with E-state index >= 15 is 0 Å². The summed E-state index contributed by atoms with van der Waals surface area (Å²) in [6, 6.07) is 6.39. The van der Waals surface area contributed by atoms with Crippen LogP contribution < -0.4 is 10.2 Å². The van der Waals surface area contributed by atoms with Gasteiger partial charge in [-0.2, -0.15) is 0 Å². The molecule has 0 spiro atoms. The van der Waals surface area contributed by atoms with Crippen molar-refractivity contribution in [1.82, 2.24) is 0 Å². The van der Waals surface area contributed by atoms with Crippen LogP contribution in [0.15, 0.2) is 50.7 Å². The Morgan fingerprint density at radius 1 is 1.24 bits per heavy atom. The highest BCUT2D eigenvalue weighted by atomic mass is 16.6. The maximum atomic E-state index is 12.4. The van der Waals surface area contributed by atoms with Gasteiger partial charge < -0.3 is 13.9 Å². The van der Waals surface area contributed by atoms with Crippen LogP contribution >= 0.6 is 0 Å². The standard InChI is InChI=1S/C22H23NO6/c1-13(9-16-5-7-18(8-6-16)23(25)26)10-17-11-19(28-12-17)21-14(2)20(24)15(3)22(27-4)29-21/h5-10,19H,11-12H2,1-4H3/b13-9+,17-10-/t19-/m1/s1. The molecule has 3 rings (SSSR count). The zero-order valence-corrected chi connectivity index (χ0v) is 16.9. The molecule has 7 nitrogen and oxygen atoms in total. The van der Waals surface area contributed by atoms with Crippen LogP contribution in [-0.2, 0) is 4.74 Å². The number of hydrogen-bond acceptors (Lipinski definition) is 6. The van der Waals surface area contributed by atoms with Crippen molar-refractivity contribution in [1.29, 1.82) is 0 Å². The van der Waals surface area contributed by atoms with E-state index in [9.17, 15) is 14.9 Å². The normalized spacial score (nSPS) is 18.3. The molecule has 0 radical (unpaired) electrons. The van der Waals surface area contributed by atoms with Crippen molar-refractivity contribution in [3.63, 3.8) is 0 Å². The first-order valence-corrected chi connectivity index (χ1v) is 9.22. The van der Waals surface area contributed by atoms with Crippen LogP contribution in [0.3, 0.4) is 0 Å². The van der Waals surface area contributed by atoms with Crippen LogP contribution in [0.5, 0.6) is 5.95 Å². The molecule has 7 heteroatoms. The van der Waals surface area contributed by atoms with Crippen molar-refractivity contribution in [3.8, 4) is 5.95 Å². The quantitative estimate of drug-likeness (QED) is 0.538. The molecule has 0 amide bonds. The highest BCUT2D eigenvalue weighted by Crippen LogP contribution is 2.35. The molecule has 0 bridgehead atoms. The first-order chi connectivity index (χ1) is 13.8. The summed E-state index contributed by atoms with van der Waals surface area (Å²) in [7, 11) is 1.47. The molecule has 1 aliphatic heterocycles. The lowest BCUT2D eigenvalue weighted by Gasteiger charge is -2.13. The molecule has 1 atom stereocenters. The third-order valence-electron chi connectivity index (χ3n) is 4.88. The molecule has 1 fully saturated rings. The molecule has 0 unspecified atom stereocenters. The van der Waals surface area contributed by atoms with Gasteiger partial charge in [0, 0.05) is 24.1 Å². The molecular weight excluding hydrogens is 374 g/mol. The number of benzene rings is 1. The first kappa shape index (κ1) is 20.5. The second kappa shape index (κ2) is 8.45. The molecule has 2 heterocycles. The smallest absolute Gasteiger partial charge is 0.291 e. The fourth-order valence-corrected chi connectivity index (χ4v) is 3.39. The Morgan fingerprint density at radius 2 is 1.93 bits per heavy atom. The zero-order chi connectivity index (χ0) is 21.1. The van der Waals surface area contributed by atoms with Crippen molar-refractivity contribution in [2.24, 2.45) is 0 Å². The summed E-state index contributed by atoms with van der Waals surface area (Å²) < 4.78 is 16.8. The highest BCUT2D eigenvalue weighted by molar-refractivity contribution is 5.57. The third-order valence-corrected chi connectivity index (χ3v) is 4.88. The Balaban J connectivity index is 1.78. The van der Waals surface area contributed by atoms with Gasteiger partial charge in [-0.15, -0.1) is 0 Å². The minimum Gasteiger partial charge on any atom is -0.468 e. The Hall–Kier alpha value is -3.19. The predicted molar refractivity (Wildman–Crippen MR) is 109 cm³/mol. The first-order valence-electron chi connectivity index (χ1n) is 9.22. The molecule has 29 heavy (non-hydrogen) atoms. The number of allylic oxidation sites excluding steroid dienone is 2. The molecule has 1 saturated heterocycles. The second-order valence-electron chi connectivity index (χ2n) is 7.08. The van der Waals surface area contributed by atoms with E-state index in [0.29, 0.717) is 29.9 Å². The molecule has 1 aromatic carbocycles. The lowest BCUT2D eigenvalue weighted by Crippen LogP contribution is -2.15. The van der Waals surface area contributed by atoms with Gasteiger partial charge in [0.05, 0.1) is 24.2 Å². The van der Waals surface area contributed by atoms with Crippen molar-refractivity contribution in [2.75, 3.05) is 13.7 Å². The average Bonchev–Trinajstić information content (AvgIpc) is 3.14. The molecule has 0 N–H and O–H groups in total. The molecule has 152 valence electrons. The van der Waals surface area contributed by atoms with Crippen molar-refractivity contribution in [3.05, 3.63) is 84.3 Å². The van der Waals surface area contributed by atoms with Gasteiger partial charge in [-0.25, -0.2) is 0 Å². The van der Waals surface area contributed by atoms with Gasteiger partial charge in [-0.05, 0) is 44.0 Å². The molecule has 1 aliphatic rings. The molecule has 0 aliphatic carbocycles. The van der Waals surface area contributed by atoms with Gasteiger partial charge in [0.25, 0.3) is 11.6 Å². The highest BCUT2D eigenvalue weighted by Gasteiger charge is 2.28. The Bertz CT molecular complexity index is 1050. The van der Waals surface area contributed by atoms with Gasteiger partial charge >= 0.3 is 0 Å². The maximum Gasteiger partial charge on any atom is 0.291 e. The van der Waals surface area contributed by atoms with Gasteiger partial charge in [0.1, 0.15) is 11.9 Å². The van der Waals surface area contributed by atoms with Crippen molar-refractivity contribution < 1.29 is 18.8 Å². The number of methoxy groups -OCH3 is 1. The van der Waals surface area contributed by atoms with E-state index in [1.807, 2.05) is 19.1 Å². The monoisotopic (exact) mass is 397 g/mol. The summed E-state index contributed by atoms with van der Waals surface area (Å²) in [5.74, 6) is 0.712. The van der Waals surface area contributed by atoms with E-state index in [-0.39, 0.29) is 23.2 Å². The number of non-ortho nitro benzene ring substituents is 1. The SMILES string of the molecule is COc1oc([C@H]2C/C(=C/C(C)=C/c3ccc([N+](=O)[O-])cc3)CO2)c(C)c(=O)c1C. The summed E-state index contributed by atoms with van der Waals surface area (Å²) in [4.78, 5) is 22.7. The third kappa shape index (κ3) is 4.46. The lowest BCUT2D eigenvalue weighted by atomic mass is 10.0. The van der Waals surface area contributed by atoms with E-state index in [4.69, 9.17) is 13.9 Å². The van der Waals surface area contributed by atoms with Gasteiger partial charge in [-0.1, -0.05) is 17.7 Å². The zero-order valence-electron chi connectivity index (χ0n) is 16.9. The van der Waals surface area contributed by atoms with Crippen molar-refractivity contribution >= 4 is 11.8 Å². The summed E-state index contributed by atoms with van der Waals surface area (Å²) >= 11 is 0. The minimum atomic E-state index is -0.418. The second-order valence-corrected chi connectivity index (χ2v) is 7.08. The minimum absolute atomic E-state index is 0.0654. The van der Waals surface area contributed by atoms with E-state index in [1.165, 1.54) is 19.2 Å². The fraction of sp³-hybridized carbons (Fsp3) is 0.318. The molecule has 0 saturated carbocycles. The van der Waals surface area contributed by atoms with Gasteiger partial charge in [0.2, 0.25) is 0 Å². The molecule has 1 aromatic heterocycles. The van der Waals surface area contributed by atoms with E-state index < -0.39 is 4.92 Å². The van der Waals surface area contributed by atoms with Crippen LogP contribution in [0.1, 0.15) is 41.9 Å². The van der Waals surface area contributed by atoms with Crippen LogP contribution in [0.25, 0.3) is 6.08 Å². The average molecular weight is 397 g/mol. The Labute approximate surface area is 168 Å². The van der Waals surface area contributed by atoms with Crippen LogP contribution in [0.4, 0.5) is 5.69 Å². The maximum absolute atomic E-state index is 12.4. The number of nitrogens with zero attached hydrogens (tertiary/aromatic N) is 1. The summed E-state index contributed by atoms with van der Waals surface area (Å²) in [6.45, 7) is 5.81. The number of hydrogen-bond donors (Lipinski definition) is 0. The Morgan fingerprint density at radius 3 is 2.55 bits per heavy atom. The van der Waals surface area contributed by atoms with E-state index in [0.717, 1.165) is 16.7 Å². The van der Waals surface area contributed by atoms with E-state index in [1.54, 1.807) is 26.0 Å². The number of ether oxygens (including phenoxy) is 2. The number of rotatable bonds is 5. The van der Waals surface area contributed by atoms with Crippen molar-refractivity contribution in [2.45, 2.75) is 33.3 Å². The van der Waals surface area contributed by atoms with Crippen LogP contribution in [0.2, 0.25) is 0 Å². The van der Waals surface area contributed by atoms with E-state index in [2.05, 4.69) is 0 Å². The lowest BCUT2D eigenvalue weighted by molar-refractivity contribution is -0.384. The number of nitro groups is 1. The number of nitro benzene ring substituents is 1. The van der Waals surface area contributed by atoms with Gasteiger partial charge in [0.15, 0.2) is 5.43 Å². The van der Waals surface area contributed by atoms with Gasteiger partial charge in [-0.3, -0.25) is 14.9 Å². The summed E-state index contributed by atoms with van der Waals surface area (Å²) in [5, 5.41) is 10.7. The molecular formula is C22H23NO6. The largest absolute Gasteiger partial charge is 0.468 e. The van der Waals surface area contributed by atoms with Crippen LogP contribution in [0, 0.1) is 24.0 Å². The Kier molecular flexibility index (Phi) is 5.98. The predicted octanol–water partition coefficient (Wildman–Crippen LogP) is 4.66. The fourth-order valence-electron chi connectivity index (χ4n) is 3.39.